The van der Waals surface area contributed by atoms with Crippen LogP contribution in [0.2, 0.25) is 0 Å². The Kier molecular flexibility index (Phi) is 2.79. The van der Waals surface area contributed by atoms with E-state index in [-0.39, 0.29) is 17.3 Å². The molecule has 82 valence electrons. The summed E-state index contributed by atoms with van der Waals surface area (Å²) in [6, 6.07) is 6.71. The first-order valence-corrected chi connectivity index (χ1v) is 5.63. The molecule has 1 aromatic carbocycles. The molecule has 1 aliphatic carbocycles. The maximum absolute atomic E-state index is 13.6. The molecule has 1 unspecified atom stereocenters. The molecular weight excluding hydrogens is 189 g/mol. The average molecular weight is 207 g/mol. The number of benzene rings is 1. The van der Waals surface area contributed by atoms with Crippen molar-refractivity contribution in [3.05, 3.63) is 35.6 Å². The van der Waals surface area contributed by atoms with Gasteiger partial charge in [0.05, 0.1) is 0 Å². The Hall–Kier alpha value is -0.890. The Morgan fingerprint density at radius 1 is 1.27 bits per heavy atom. The van der Waals surface area contributed by atoms with Gasteiger partial charge in [0.1, 0.15) is 5.82 Å². The van der Waals surface area contributed by atoms with E-state index in [0.717, 1.165) is 12.8 Å². The first kappa shape index (κ1) is 10.6. The molecule has 0 heterocycles. The Bertz CT molecular complexity index is 342. The first-order valence-electron chi connectivity index (χ1n) is 5.63. The lowest BCUT2D eigenvalue weighted by atomic mass is 9.78. The van der Waals surface area contributed by atoms with E-state index in [4.69, 9.17) is 5.73 Å². The van der Waals surface area contributed by atoms with Crippen molar-refractivity contribution >= 4 is 0 Å². The second-order valence-electron chi connectivity index (χ2n) is 4.86. The van der Waals surface area contributed by atoms with Crippen molar-refractivity contribution < 1.29 is 4.39 Å². The molecule has 1 fully saturated rings. The topological polar surface area (TPSA) is 26.0 Å². The summed E-state index contributed by atoms with van der Waals surface area (Å²) in [6.45, 7) is 2.18. The second-order valence-corrected chi connectivity index (χ2v) is 4.86. The highest BCUT2D eigenvalue weighted by Gasteiger charge is 2.36. The predicted octanol–water partition coefficient (Wildman–Crippen LogP) is 3.41. The minimum absolute atomic E-state index is 0.0855. The van der Waals surface area contributed by atoms with Gasteiger partial charge in [-0.2, -0.15) is 0 Å². The van der Waals surface area contributed by atoms with Gasteiger partial charge in [-0.05, 0) is 24.3 Å². The van der Waals surface area contributed by atoms with Crippen LogP contribution < -0.4 is 5.73 Å². The van der Waals surface area contributed by atoms with Gasteiger partial charge in [0.2, 0.25) is 0 Å². The smallest absolute Gasteiger partial charge is 0.127 e. The van der Waals surface area contributed by atoms with E-state index >= 15 is 0 Å². The van der Waals surface area contributed by atoms with E-state index in [2.05, 4.69) is 6.92 Å². The third-order valence-corrected chi connectivity index (χ3v) is 3.74. The van der Waals surface area contributed by atoms with Gasteiger partial charge in [-0.25, -0.2) is 4.39 Å². The number of rotatable bonds is 2. The maximum atomic E-state index is 13.6. The van der Waals surface area contributed by atoms with Crippen molar-refractivity contribution in [2.45, 2.75) is 38.6 Å². The maximum Gasteiger partial charge on any atom is 0.127 e. The Morgan fingerprint density at radius 3 is 2.47 bits per heavy atom. The molecule has 0 aliphatic heterocycles. The fourth-order valence-corrected chi connectivity index (χ4v) is 2.60. The third kappa shape index (κ3) is 1.91. The van der Waals surface area contributed by atoms with Gasteiger partial charge < -0.3 is 5.73 Å². The summed E-state index contributed by atoms with van der Waals surface area (Å²) < 4.78 is 13.6. The van der Waals surface area contributed by atoms with E-state index in [1.165, 1.54) is 18.9 Å². The monoisotopic (exact) mass is 207 g/mol. The molecule has 2 N–H and O–H groups in total. The second kappa shape index (κ2) is 3.93. The lowest BCUT2D eigenvalue weighted by Gasteiger charge is -2.31. The number of hydrogen-bond donors (Lipinski definition) is 1. The van der Waals surface area contributed by atoms with Crippen LogP contribution in [0.25, 0.3) is 0 Å². The molecule has 2 heteroatoms. The summed E-state index contributed by atoms with van der Waals surface area (Å²) in [5.41, 5.74) is 6.95. The Morgan fingerprint density at radius 2 is 1.87 bits per heavy atom. The van der Waals surface area contributed by atoms with Crippen LogP contribution in [0.1, 0.15) is 44.2 Å². The van der Waals surface area contributed by atoms with Crippen molar-refractivity contribution in [2.24, 2.45) is 11.1 Å². The summed E-state index contributed by atoms with van der Waals surface area (Å²) in [5, 5.41) is 0. The van der Waals surface area contributed by atoms with Crippen LogP contribution in [0, 0.1) is 11.2 Å². The molecule has 1 aliphatic rings. The molecule has 1 aromatic rings. The van der Waals surface area contributed by atoms with Gasteiger partial charge in [0.15, 0.2) is 0 Å². The minimum Gasteiger partial charge on any atom is -0.323 e. The Balaban J connectivity index is 2.27. The third-order valence-electron chi connectivity index (χ3n) is 3.74. The zero-order valence-electron chi connectivity index (χ0n) is 9.17. The molecule has 2 rings (SSSR count). The number of halogens is 1. The van der Waals surface area contributed by atoms with Crippen LogP contribution in [0.3, 0.4) is 0 Å². The Labute approximate surface area is 90.5 Å². The van der Waals surface area contributed by atoms with Crippen LogP contribution in [0.4, 0.5) is 4.39 Å². The normalized spacial score (nSPS) is 21.5. The highest BCUT2D eigenvalue weighted by Crippen LogP contribution is 2.46. The lowest BCUT2D eigenvalue weighted by Crippen LogP contribution is -2.30. The SMILES string of the molecule is CC1(C(N)c2ccccc2F)CCCC1. The van der Waals surface area contributed by atoms with E-state index < -0.39 is 0 Å². The van der Waals surface area contributed by atoms with E-state index in [0.29, 0.717) is 5.56 Å². The number of nitrogens with two attached hydrogens (primary N) is 1. The van der Waals surface area contributed by atoms with Crippen molar-refractivity contribution in [3.63, 3.8) is 0 Å². The standard InChI is InChI=1S/C13H18FN/c1-13(8-4-5-9-13)12(15)10-6-2-3-7-11(10)14/h2-3,6-7,12H,4-5,8-9,15H2,1H3. The largest absolute Gasteiger partial charge is 0.323 e. The van der Waals surface area contributed by atoms with Crippen LogP contribution in [-0.4, -0.2) is 0 Å². The molecule has 0 aromatic heterocycles. The molecule has 0 amide bonds. The van der Waals surface area contributed by atoms with Gasteiger partial charge in [-0.3, -0.25) is 0 Å². The molecular formula is C13H18FN. The highest BCUT2D eigenvalue weighted by atomic mass is 19.1. The first-order chi connectivity index (χ1) is 7.13. The lowest BCUT2D eigenvalue weighted by molar-refractivity contribution is 0.260. The van der Waals surface area contributed by atoms with E-state index in [1.54, 1.807) is 6.07 Å². The molecule has 1 saturated carbocycles. The van der Waals surface area contributed by atoms with Crippen molar-refractivity contribution in [1.29, 1.82) is 0 Å². The van der Waals surface area contributed by atoms with Gasteiger partial charge in [-0.1, -0.05) is 38.0 Å². The van der Waals surface area contributed by atoms with Crippen LogP contribution in [-0.2, 0) is 0 Å². The van der Waals surface area contributed by atoms with Gasteiger partial charge in [-0.15, -0.1) is 0 Å². The molecule has 1 nitrogen and oxygen atoms in total. The predicted molar refractivity (Wildman–Crippen MR) is 59.9 cm³/mol. The molecule has 0 saturated heterocycles. The summed E-state index contributed by atoms with van der Waals surface area (Å²) in [5.74, 6) is -0.168. The van der Waals surface area contributed by atoms with Crippen LogP contribution in [0.15, 0.2) is 24.3 Å². The van der Waals surface area contributed by atoms with Crippen molar-refractivity contribution in [2.75, 3.05) is 0 Å². The van der Waals surface area contributed by atoms with Crippen molar-refractivity contribution in [3.8, 4) is 0 Å². The zero-order chi connectivity index (χ0) is 10.9. The molecule has 0 bridgehead atoms. The summed E-state index contributed by atoms with van der Waals surface area (Å²) >= 11 is 0. The minimum atomic E-state index is -0.168. The summed E-state index contributed by atoms with van der Waals surface area (Å²) in [6.07, 6.45) is 4.67. The fraction of sp³-hybridized carbons (Fsp3) is 0.538. The summed E-state index contributed by atoms with van der Waals surface area (Å²) in [7, 11) is 0. The molecule has 1 atom stereocenters. The fourth-order valence-electron chi connectivity index (χ4n) is 2.60. The van der Waals surface area contributed by atoms with Crippen molar-refractivity contribution in [1.82, 2.24) is 0 Å². The average Bonchev–Trinajstić information content (AvgIpc) is 2.66. The van der Waals surface area contributed by atoms with Gasteiger partial charge in [0, 0.05) is 11.6 Å². The van der Waals surface area contributed by atoms with Crippen LogP contribution in [0.5, 0.6) is 0 Å². The van der Waals surface area contributed by atoms with Crippen LogP contribution >= 0.6 is 0 Å². The summed E-state index contributed by atoms with van der Waals surface area (Å²) in [4.78, 5) is 0. The molecule has 0 spiro atoms. The van der Waals surface area contributed by atoms with E-state index in [1.807, 2.05) is 12.1 Å². The quantitative estimate of drug-likeness (QED) is 0.790. The molecule has 15 heavy (non-hydrogen) atoms. The van der Waals surface area contributed by atoms with Gasteiger partial charge in [0.25, 0.3) is 0 Å². The molecule has 0 radical (unpaired) electrons. The van der Waals surface area contributed by atoms with E-state index in [9.17, 15) is 4.39 Å². The van der Waals surface area contributed by atoms with Gasteiger partial charge >= 0.3 is 0 Å². The zero-order valence-corrected chi connectivity index (χ0v) is 9.17. The number of hydrogen-bond acceptors (Lipinski definition) is 1. The highest BCUT2D eigenvalue weighted by molar-refractivity contribution is 5.23.